The molecule has 2 aliphatic heterocycles. The molecule has 0 aliphatic carbocycles. The maximum absolute atomic E-state index is 13.6. The van der Waals surface area contributed by atoms with Crippen molar-refractivity contribution < 1.29 is 13.9 Å². The zero-order valence-corrected chi connectivity index (χ0v) is 17.7. The Morgan fingerprint density at radius 3 is 3.00 bits per heavy atom. The van der Waals surface area contributed by atoms with E-state index < -0.39 is 5.82 Å². The highest BCUT2D eigenvalue weighted by molar-refractivity contribution is 5.93. The van der Waals surface area contributed by atoms with E-state index in [-0.39, 0.29) is 11.5 Å². The van der Waals surface area contributed by atoms with E-state index in [4.69, 9.17) is 10.00 Å². The van der Waals surface area contributed by atoms with Crippen LogP contribution in [0.4, 0.5) is 4.39 Å². The number of halogens is 1. The molecule has 160 valence electrons. The first-order valence-corrected chi connectivity index (χ1v) is 10.6. The maximum Gasteiger partial charge on any atom is 0.338 e. The summed E-state index contributed by atoms with van der Waals surface area (Å²) < 4.78 is 18.8. The Morgan fingerprint density at radius 1 is 1.28 bits per heavy atom. The highest BCUT2D eigenvalue weighted by Crippen LogP contribution is 2.27. The third-order valence-corrected chi connectivity index (χ3v) is 6.33. The molecule has 0 amide bonds. The fourth-order valence-electron chi connectivity index (χ4n) is 4.40. The van der Waals surface area contributed by atoms with Gasteiger partial charge in [-0.3, -0.25) is 4.90 Å². The monoisotopic (exact) mass is 428 g/mol. The van der Waals surface area contributed by atoms with E-state index in [0.29, 0.717) is 23.6 Å². The molecular weight excluding hydrogens is 407 g/mol. The Labute approximate surface area is 185 Å². The molecule has 0 saturated heterocycles. The van der Waals surface area contributed by atoms with Crippen LogP contribution in [0.1, 0.15) is 43.9 Å². The van der Waals surface area contributed by atoms with E-state index in [1.807, 2.05) is 24.4 Å². The predicted molar refractivity (Wildman–Crippen MR) is 115 cm³/mol. The van der Waals surface area contributed by atoms with E-state index >= 15 is 0 Å². The second-order valence-electron chi connectivity index (χ2n) is 8.20. The maximum atomic E-state index is 13.6. The minimum absolute atomic E-state index is 0.00669. The Morgan fingerprint density at radius 2 is 2.16 bits per heavy atom. The lowest BCUT2D eigenvalue weighted by atomic mass is 9.96. The number of aromatic nitrogens is 2. The van der Waals surface area contributed by atoms with Gasteiger partial charge in [0.25, 0.3) is 0 Å². The number of cyclic esters (lactones) is 1. The molecule has 7 heteroatoms. The summed E-state index contributed by atoms with van der Waals surface area (Å²) in [6, 6.07) is 10.1. The van der Waals surface area contributed by atoms with Crippen LogP contribution in [0.3, 0.4) is 0 Å². The number of hydrogen-bond donors (Lipinski definition) is 0. The number of nitrogens with zero attached hydrogens (tertiary/aromatic N) is 4. The van der Waals surface area contributed by atoms with Crippen molar-refractivity contribution >= 4 is 5.97 Å². The molecule has 0 atom stereocenters. The molecule has 5 rings (SSSR count). The van der Waals surface area contributed by atoms with Crippen molar-refractivity contribution in [2.75, 3.05) is 13.1 Å². The van der Waals surface area contributed by atoms with Crippen molar-refractivity contribution in [3.63, 3.8) is 0 Å². The van der Waals surface area contributed by atoms with Crippen LogP contribution >= 0.6 is 0 Å². The van der Waals surface area contributed by atoms with Gasteiger partial charge < -0.3 is 4.74 Å². The highest BCUT2D eigenvalue weighted by Gasteiger charge is 2.24. The normalized spacial score (nSPS) is 15.1. The van der Waals surface area contributed by atoms with E-state index in [9.17, 15) is 9.18 Å². The molecule has 0 saturated carbocycles. The summed E-state index contributed by atoms with van der Waals surface area (Å²) in [7, 11) is 0. The molecule has 6 nitrogen and oxygen atoms in total. The number of esters is 1. The zero-order valence-electron chi connectivity index (χ0n) is 17.7. The van der Waals surface area contributed by atoms with E-state index in [1.54, 1.807) is 6.07 Å². The van der Waals surface area contributed by atoms with Crippen molar-refractivity contribution in [3.8, 4) is 17.5 Å². The summed E-state index contributed by atoms with van der Waals surface area (Å²) in [5.74, 6) is -0.257. The number of benzene rings is 2. The van der Waals surface area contributed by atoms with Gasteiger partial charge in [0.1, 0.15) is 18.5 Å². The lowest BCUT2D eigenvalue weighted by Gasteiger charge is -2.28. The van der Waals surface area contributed by atoms with Crippen molar-refractivity contribution in [1.29, 1.82) is 5.26 Å². The van der Waals surface area contributed by atoms with Crippen molar-refractivity contribution in [3.05, 3.63) is 81.4 Å². The van der Waals surface area contributed by atoms with Crippen LogP contribution < -0.4 is 0 Å². The van der Waals surface area contributed by atoms with Crippen molar-refractivity contribution in [2.24, 2.45) is 0 Å². The number of rotatable bonds is 4. The lowest BCUT2D eigenvalue weighted by Crippen LogP contribution is -2.33. The summed E-state index contributed by atoms with van der Waals surface area (Å²) in [5.41, 5.74) is 6.81. The fourth-order valence-corrected chi connectivity index (χ4v) is 4.40. The summed E-state index contributed by atoms with van der Waals surface area (Å²) in [6.45, 7) is 4.99. The highest BCUT2D eigenvalue weighted by atomic mass is 19.1. The van der Waals surface area contributed by atoms with Crippen LogP contribution in [0.5, 0.6) is 0 Å². The molecule has 0 radical (unpaired) electrons. The van der Waals surface area contributed by atoms with Gasteiger partial charge in [-0.2, -0.15) is 5.26 Å². The zero-order chi connectivity index (χ0) is 22.2. The van der Waals surface area contributed by atoms with Gasteiger partial charge >= 0.3 is 5.97 Å². The van der Waals surface area contributed by atoms with Crippen molar-refractivity contribution in [1.82, 2.24) is 14.9 Å². The Balaban J connectivity index is 1.28. The molecule has 0 spiro atoms. The quantitative estimate of drug-likeness (QED) is 0.589. The standard InChI is InChI=1S/C25H21FN4O2/c1-15-16(2-4-20-21(15)14-32-25(20)31)6-8-30-9-7-23-19(13-30)12-28-24(29-23)17-3-5-22(26)18(10-17)11-27/h2-5,10,12H,6-9,13-14H2,1H3. The van der Waals surface area contributed by atoms with Gasteiger partial charge in [0.2, 0.25) is 0 Å². The molecule has 2 aliphatic rings. The van der Waals surface area contributed by atoms with E-state index in [0.717, 1.165) is 54.9 Å². The van der Waals surface area contributed by atoms with Crippen LogP contribution in [0.25, 0.3) is 11.4 Å². The van der Waals surface area contributed by atoms with E-state index in [2.05, 4.69) is 21.8 Å². The molecule has 0 N–H and O–H groups in total. The smallest absolute Gasteiger partial charge is 0.338 e. The third kappa shape index (κ3) is 3.63. The van der Waals surface area contributed by atoms with Gasteiger partial charge in [-0.1, -0.05) is 6.07 Å². The fraction of sp³-hybridized carbons (Fsp3) is 0.280. The van der Waals surface area contributed by atoms with Crippen LogP contribution in [-0.2, 0) is 30.7 Å². The average Bonchev–Trinajstić information content (AvgIpc) is 3.20. The first-order chi connectivity index (χ1) is 15.5. The number of nitriles is 1. The Kier molecular flexibility index (Phi) is 5.16. The van der Waals surface area contributed by atoms with Gasteiger partial charge in [-0.15, -0.1) is 0 Å². The van der Waals surface area contributed by atoms with Gasteiger partial charge in [0, 0.05) is 48.9 Å². The number of carbonyl (C=O) groups excluding carboxylic acids is 1. The molecule has 3 heterocycles. The number of hydrogen-bond acceptors (Lipinski definition) is 6. The summed E-state index contributed by atoms with van der Waals surface area (Å²) >= 11 is 0. The largest absolute Gasteiger partial charge is 0.457 e. The topological polar surface area (TPSA) is 79.1 Å². The lowest BCUT2D eigenvalue weighted by molar-refractivity contribution is 0.0535. The number of ether oxygens (including phenoxy) is 1. The summed E-state index contributed by atoms with van der Waals surface area (Å²) in [5, 5.41) is 9.06. The molecule has 0 bridgehead atoms. The van der Waals surface area contributed by atoms with Crippen LogP contribution in [-0.4, -0.2) is 33.9 Å². The van der Waals surface area contributed by atoms with Gasteiger partial charge in [0.05, 0.1) is 16.8 Å². The van der Waals surface area contributed by atoms with Crippen molar-refractivity contribution in [2.45, 2.75) is 32.9 Å². The molecule has 0 unspecified atom stereocenters. The molecule has 3 aromatic rings. The minimum atomic E-state index is -0.539. The van der Waals surface area contributed by atoms with Crippen LogP contribution in [0.15, 0.2) is 36.5 Å². The molecule has 0 fully saturated rings. The SMILES string of the molecule is Cc1c(CCN2CCc3nc(-c4ccc(F)c(C#N)c4)ncc3C2)ccc2c1COC2=O. The molecule has 32 heavy (non-hydrogen) atoms. The van der Waals surface area contributed by atoms with Gasteiger partial charge in [-0.05, 0) is 48.7 Å². The molecular formula is C25H21FN4O2. The number of carbonyl (C=O) groups is 1. The summed E-state index contributed by atoms with van der Waals surface area (Å²) in [6.07, 6.45) is 3.54. The van der Waals surface area contributed by atoms with Crippen LogP contribution in [0.2, 0.25) is 0 Å². The second-order valence-corrected chi connectivity index (χ2v) is 8.20. The minimum Gasteiger partial charge on any atom is -0.457 e. The van der Waals surface area contributed by atoms with E-state index in [1.165, 1.54) is 17.7 Å². The molecule has 2 aromatic carbocycles. The Hall–Kier alpha value is -3.63. The summed E-state index contributed by atoms with van der Waals surface area (Å²) in [4.78, 5) is 23.3. The first kappa shape index (κ1) is 20.3. The third-order valence-electron chi connectivity index (χ3n) is 6.33. The molecule has 1 aromatic heterocycles. The van der Waals surface area contributed by atoms with Gasteiger partial charge in [0.15, 0.2) is 5.82 Å². The van der Waals surface area contributed by atoms with Gasteiger partial charge in [-0.25, -0.2) is 19.2 Å². The van der Waals surface area contributed by atoms with Crippen LogP contribution in [0, 0.1) is 24.1 Å². The predicted octanol–water partition coefficient (Wildman–Crippen LogP) is 3.73. The Bertz CT molecular complexity index is 1280. The number of fused-ring (bicyclic) bond motifs is 2. The first-order valence-electron chi connectivity index (χ1n) is 10.6. The average molecular weight is 428 g/mol. The second kappa shape index (κ2) is 8.13.